The van der Waals surface area contributed by atoms with E-state index >= 15 is 0 Å². The van der Waals surface area contributed by atoms with Crippen molar-refractivity contribution in [1.29, 1.82) is 0 Å². The first kappa shape index (κ1) is 20.7. The van der Waals surface area contributed by atoms with E-state index in [9.17, 15) is 13.2 Å². The van der Waals surface area contributed by atoms with Crippen molar-refractivity contribution in [2.24, 2.45) is 0 Å². The summed E-state index contributed by atoms with van der Waals surface area (Å²) < 4.78 is 25.4. The molecule has 1 amide bonds. The molecule has 2 aromatic rings. The van der Waals surface area contributed by atoms with Crippen LogP contribution in [0, 0.1) is 6.92 Å². The molecule has 1 aromatic carbocycles. The van der Waals surface area contributed by atoms with Gasteiger partial charge in [0.05, 0.1) is 26.5 Å². The van der Waals surface area contributed by atoms with Crippen molar-refractivity contribution in [1.82, 2.24) is 14.2 Å². The third-order valence-corrected chi connectivity index (χ3v) is 7.86. The van der Waals surface area contributed by atoms with Gasteiger partial charge in [-0.3, -0.25) is 4.79 Å². The van der Waals surface area contributed by atoms with Crippen LogP contribution in [0.5, 0.6) is 0 Å². The first-order valence-corrected chi connectivity index (χ1v) is 11.4. The number of aryl methyl sites for hydroxylation is 2. The minimum absolute atomic E-state index is 0.0692. The Bertz CT molecular complexity index is 992. The third-order valence-electron chi connectivity index (χ3n) is 4.92. The summed E-state index contributed by atoms with van der Waals surface area (Å²) in [6.07, 6.45) is 6.21. The second-order valence-corrected chi connectivity index (χ2v) is 10.5. The van der Waals surface area contributed by atoms with Crippen LogP contribution < -0.4 is 0 Å². The molecule has 0 saturated heterocycles. The van der Waals surface area contributed by atoms with Crippen molar-refractivity contribution in [3.63, 3.8) is 0 Å². The maximum absolute atomic E-state index is 12.7. The smallest absolute Gasteiger partial charge is 0.246 e. The van der Waals surface area contributed by atoms with Gasteiger partial charge in [-0.15, -0.1) is 11.3 Å². The molecule has 1 aliphatic rings. The molecule has 1 unspecified atom stereocenters. The largest absolute Gasteiger partial charge is 0.334 e. The topological polar surface area (TPSA) is 70.6 Å². The number of hydrogen-bond acceptors (Lipinski definition) is 5. The number of rotatable bonds is 5. The normalized spacial score (nSPS) is 17.1. The van der Waals surface area contributed by atoms with E-state index in [1.54, 1.807) is 46.6 Å². The van der Waals surface area contributed by atoms with Crippen molar-refractivity contribution >= 4 is 33.3 Å². The molecule has 1 aromatic heterocycles. The molecule has 0 aliphatic heterocycles. The number of aromatic nitrogens is 1. The molecule has 28 heavy (non-hydrogen) atoms. The molecule has 150 valence electrons. The lowest BCUT2D eigenvalue weighted by Crippen LogP contribution is -2.31. The Morgan fingerprint density at radius 1 is 1.21 bits per heavy atom. The van der Waals surface area contributed by atoms with Gasteiger partial charge in [0.2, 0.25) is 15.9 Å². The number of carbonyl (C=O) groups excluding carboxylic acids is 1. The van der Waals surface area contributed by atoms with Gasteiger partial charge in [0.25, 0.3) is 0 Å². The number of amides is 1. The van der Waals surface area contributed by atoms with Gasteiger partial charge in [-0.25, -0.2) is 17.7 Å². The van der Waals surface area contributed by atoms with Crippen LogP contribution in [0.1, 0.15) is 40.0 Å². The number of thiazole rings is 1. The lowest BCUT2D eigenvalue weighted by Gasteiger charge is -2.30. The molecule has 1 aliphatic carbocycles. The van der Waals surface area contributed by atoms with Crippen molar-refractivity contribution in [2.75, 3.05) is 21.1 Å². The van der Waals surface area contributed by atoms with Crippen molar-refractivity contribution in [2.45, 2.75) is 37.1 Å². The highest BCUT2D eigenvalue weighted by molar-refractivity contribution is 7.89. The number of fused-ring (bicyclic) bond motifs is 1. The molecule has 8 heteroatoms. The molecule has 0 N–H and O–H groups in total. The van der Waals surface area contributed by atoms with Crippen molar-refractivity contribution in [3.8, 4) is 0 Å². The average Bonchev–Trinajstić information content (AvgIpc) is 3.05. The van der Waals surface area contributed by atoms with E-state index < -0.39 is 10.0 Å². The van der Waals surface area contributed by atoms with Crippen LogP contribution in [0.15, 0.2) is 35.2 Å². The summed E-state index contributed by atoms with van der Waals surface area (Å²) in [5, 5.41) is 1.04. The number of sulfonamides is 1. The minimum atomic E-state index is -3.45. The Hall–Kier alpha value is -2.03. The molecular weight excluding hydrogens is 394 g/mol. The second-order valence-electron chi connectivity index (χ2n) is 7.09. The summed E-state index contributed by atoms with van der Waals surface area (Å²) in [6.45, 7) is 2.00. The van der Waals surface area contributed by atoms with Gasteiger partial charge in [0.1, 0.15) is 0 Å². The fourth-order valence-electron chi connectivity index (χ4n) is 3.29. The Morgan fingerprint density at radius 3 is 2.54 bits per heavy atom. The number of benzene rings is 1. The van der Waals surface area contributed by atoms with Crippen LogP contribution in [-0.2, 0) is 21.2 Å². The van der Waals surface area contributed by atoms with Crippen molar-refractivity contribution in [3.05, 3.63) is 51.5 Å². The summed E-state index contributed by atoms with van der Waals surface area (Å²) in [5.74, 6) is -0.0751. The van der Waals surface area contributed by atoms with Crippen LogP contribution in [0.25, 0.3) is 6.08 Å². The molecule has 0 spiro atoms. The third kappa shape index (κ3) is 4.19. The highest BCUT2D eigenvalue weighted by atomic mass is 32.2. The standard InChI is InChI=1S/C20H25N3O3S2/c1-14-21-17-6-5-7-18(20(17)27-14)23(4)19(24)13-10-15-8-11-16(12-9-15)28(25,26)22(2)3/h8-13,18H,5-7H2,1-4H3/b13-10+. The lowest BCUT2D eigenvalue weighted by atomic mass is 9.97. The maximum Gasteiger partial charge on any atom is 0.246 e. The second kappa shape index (κ2) is 8.14. The summed E-state index contributed by atoms with van der Waals surface area (Å²) >= 11 is 1.67. The molecule has 0 bridgehead atoms. The molecular formula is C20H25N3O3S2. The van der Waals surface area contributed by atoms with Crippen LogP contribution >= 0.6 is 11.3 Å². The summed E-state index contributed by atoms with van der Waals surface area (Å²) in [5.41, 5.74) is 1.90. The lowest BCUT2D eigenvalue weighted by molar-refractivity contribution is -0.127. The van der Waals surface area contributed by atoms with E-state index in [1.165, 1.54) is 29.4 Å². The predicted octanol–water partition coefficient (Wildman–Crippen LogP) is 3.25. The molecule has 6 nitrogen and oxygen atoms in total. The number of carbonyl (C=O) groups is 1. The van der Waals surface area contributed by atoms with E-state index in [2.05, 4.69) is 4.98 Å². The highest BCUT2D eigenvalue weighted by Gasteiger charge is 2.28. The van der Waals surface area contributed by atoms with Crippen LogP contribution in [0.3, 0.4) is 0 Å². The molecule has 0 radical (unpaired) electrons. The van der Waals surface area contributed by atoms with Gasteiger partial charge in [-0.2, -0.15) is 0 Å². The Labute approximate surface area is 170 Å². The summed E-state index contributed by atoms with van der Waals surface area (Å²) in [4.78, 5) is 20.5. The summed E-state index contributed by atoms with van der Waals surface area (Å²) in [6, 6.07) is 6.57. The van der Waals surface area contributed by atoms with E-state index in [-0.39, 0.29) is 16.8 Å². The van der Waals surface area contributed by atoms with E-state index in [0.717, 1.165) is 35.5 Å². The molecule has 1 atom stereocenters. The number of likely N-dealkylation sites (N-methyl/N-ethyl adjacent to an activating group) is 1. The zero-order valence-corrected chi connectivity index (χ0v) is 18.2. The molecule has 0 saturated carbocycles. The first-order valence-electron chi connectivity index (χ1n) is 9.14. The highest BCUT2D eigenvalue weighted by Crippen LogP contribution is 2.37. The van der Waals surface area contributed by atoms with Crippen LogP contribution in [0.4, 0.5) is 0 Å². The molecule has 3 rings (SSSR count). The van der Waals surface area contributed by atoms with E-state index in [0.29, 0.717) is 0 Å². The minimum Gasteiger partial charge on any atom is -0.334 e. The molecule has 0 fully saturated rings. The van der Waals surface area contributed by atoms with Gasteiger partial charge >= 0.3 is 0 Å². The zero-order chi connectivity index (χ0) is 20.5. The fourth-order valence-corrected chi connectivity index (χ4v) is 5.34. The monoisotopic (exact) mass is 419 g/mol. The average molecular weight is 420 g/mol. The first-order chi connectivity index (χ1) is 13.2. The van der Waals surface area contributed by atoms with Crippen LogP contribution in [-0.4, -0.2) is 49.7 Å². The van der Waals surface area contributed by atoms with Gasteiger partial charge in [0.15, 0.2) is 0 Å². The predicted molar refractivity (Wildman–Crippen MR) is 112 cm³/mol. The van der Waals surface area contributed by atoms with Crippen molar-refractivity contribution < 1.29 is 13.2 Å². The van der Waals surface area contributed by atoms with Gasteiger partial charge < -0.3 is 4.90 Å². The SMILES string of the molecule is Cc1nc2c(s1)C(N(C)C(=O)/C=C/c1ccc(S(=O)(=O)N(C)C)cc1)CCC2. The fraction of sp³-hybridized carbons (Fsp3) is 0.400. The maximum atomic E-state index is 12.7. The quantitative estimate of drug-likeness (QED) is 0.698. The van der Waals surface area contributed by atoms with Gasteiger partial charge in [0, 0.05) is 27.2 Å². The molecule has 1 heterocycles. The van der Waals surface area contributed by atoms with E-state index in [1.807, 2.05) is 14.0 Å². The van der Waals surface area contributed by atoms with E-state index in [4.69, 9.17) is 0 Å². The Balaban J connectivity index is 1.72. The van der Waals surface area contributed by atoms with Gasteiger partial charge in [-0.05, 0) is 50.0 Å². The van der Waals surface area contributed by atoms with Crippen LogP contribution in [0.2, 0.25) is 0 Å². The Morgan fingerprint density at radius 2 is 1.89 bits per heavy atom. The number of hydrogen-bond donors (Lipinski definition) is 0. The van der Waals surface area contributed by atoms with Gasteiger partial charge in [-0.1, -0.05) is 12.1 Å². The Kier molecular flexibility index (Phi) is 6.02. The zero-order valence-electron chi connectivity index (χ0n) is 16.5. The summed E-state index contributed by atoms with van der Waals surface area (Å²) in [7, 11) is 1.38. The number of nitrogens with zero attached hydrogens (tertiary/aromatic N) is 3.